The molecule has 0 atom stereocenters. The second kappa shape index (κ2) is 7.65. The summed E-state index contributed by atoms with van der Waals surface area (Å²) in [5.41, 5.74) is 4.79. The van der Waals surface area contributed by atoms with Gasteiger partial charge in [0.1, 0.15) is 17.9 Å². The molecule has 0 saturated carbocycles. The lowest BCUT2D eigenvalue weighted by atomic mass is 10.0. The molecule has 146 valence electrons. The van der Waals surface area contributed by atoms with Gasteiger partial charge in [-0.25, -0.2) is 15.0 Å². The molecular weight excluding hydrogens is 392 g/mol. The molecule has 5 rings (SSSR count). The summed E-state index contributed by atoms with van der Waals surface area (Å²) < 4.78 is 0. The minimum absolute atomic E-state index is 0.258. The molecule has 0 saturated heterocycles. The SMILES string of the molecule is Cc1ccc(Sc2ccc(O)cc2)c(Nc2ncnc3nc(C4=CC=C4)ccc23)c1. The molecule has 2 N–H and O–H groups in total. The summed E-state index contributed by atoms with van der Waals surface area (Å²) in [6.45, 7) is 2.06. The van der Waals surface area contributed by atoms with Crippen molar-refractivity contribution in [1.82, 2.24) is 15.0 Å². The van der Waals surface area contributed by atoms with Gasteiger partial charge in [0, 0.05) is 15.4 Å². The number of rotatable bonds is 5. The number of hydrogen-bond donors (Lipinski definition) is 2. The summed E-state index contributed by atoms with van der Waals surface area (Å²) in [5.74, 6) is 0.976. The maximum atomic E-state index is 9.53. The van der Waals surface area contributed by atoms with Gasteiger partial charge in [-0.3, -0.25) is 0 Å². The number of hydrogen-bond acceptors (Lipinski definition) is 6. The van der Waals surface area contributed by atoms with Gasteiger partial charge >= 0.3 is 0 Å². The smallest absolute Gasteiger partial charge is 0.165 e. The molecule has 4 aromatic rings. The first-order chi connectivity index (χ1) is 14.7. The number of allylic oxidation sites excluding steroid dienone is 4. The number of pyridine rings is 1. The number of fused-ring (bicyclic) bond motifs is 1. The second-order valence-electron chi connectivity index (χ2n) is 6.99. The van der Waals surface area contributed by atoms with E-state index in [0.29, 0.717) is 5.65 Å². The van der Waals surface area contributed by atoms with Crippen molar-refractivity contribution in [2.24, 2.45) is 0 Å². The number of aryl methyl sites for hydroxylation is 1. The average Bonchev–Trinajstić information content (AvgIpc) is 2.70. The van der Waals surface area contributed by atoms with Gasteiger partial charge in [0.05, 0.1) is 16.8 Å². The summed E-state index contributed by atoms with van der Waals surface area (Å²) in [6, 6.07) is 17.5. The molecule has 0 bridgehead atoms. The van der Waals surface area contributed by atoms with Gasteiger partial charge in [-0.05, 0) is 61.0 Å². The van der Waals surface area contributed by atoms with Crippen LogP contribution in [0.15, 0.2) is 88.9 Å². The third kappa shape index (κ3) is 3.65. The molecule has 6 heteroatoms. The largest absolute Gasteiger partial charge is 0.508 e. The zero-order chi connectivity index (χ0) is 20.5. The van der Waals surface area contributed by atoms with Gasteiger partial charge in [0.2, 0.25) is 0 Å². The Bertz CT molecular complexity index is 1310. The van der Waals surface area contributed by atoms with Gasteiger partial charge in [0.15, 0.2) is 5.65 Å². The Labute approximate surface area is 178 Å². The lowest BCUT2D eigenvalue weighted by Gasteiger charge is -2.14. The van der Waals surface area contributed by atoms with E-state index in [9.17, 15) is 5.11 Å². The number of benzene rings is 2. The lowest BCUT2D eigenvalue weighted by Crippen LogP contribution is -2.00. The number of anilines is 2. The van der Waals surface area contributed by atoms with Crippen LogP contribution in [0.3, 0.4) is 0 Å². The second-order valence-corrected chi connectivity index (χ2v) is 8.11. The van der Waals surface area contributed by atoms with E-state index in [0.717, 1.165) is 43.5 Å². The highest BCUT2D eigenvalue weighted by atomic mass is 32.2. The first-order valence-corrected chi connectivity index (χ1v) is 10.3. The van der Waals surface area contributed by atoms with Crippen molar-refractivity contribution in [2.75, 3.05) is 5.32 Å². The van der Waals surface area contributed by atoms with Gasteiger partial charge in [-0.1, -0.05) is 36.1 Å². The third-order valence-corrected chi connectivity index (χ3v) is 5.88. The molecule has 0 radical (unpaired) electrons. The van der Waals surface area contributed by atoms with Gasteiger partial charge in [-0.15, -0.1) is 0 Å². The van der Waals surface area contributed by atoms with Crippen molar-refractivity contribution < 1.29 is 5.11 Å². The Morgan fingerprint density at radius 2 is 1.80 bits per heavy atom. The van der Waals surface area contributed by atoms with Crippen LogP contribution in [-0.4, -0.2) is 20.1 Å². The fourth-order valence-corrected chi connectivity index (χ4v) is 4.05. The third-order valence-electron chi connectivity index (χ3n) is 4.80. The predicted molar refractivity (Wildman–Crippen MR) is 121 cm³/mol. The molecule has 0 unspecified atom stereocenters. The molecule has 1 aliphatic rings. The van der Waals surface area contributed by atoms with E-state index in [-0.39, 0.29) is 5.75 Å². The van der Waals surface area contributed by atoms with Crippen LogP contribution in [0.2, 0.25) is 0 Å². The molecule has 1 aliphatic carbocycles. The van der Waals surface area contributed by atoms with E-state index in [1.807, 2.05) is 42.5 Å². The maximum Gasteiger partial charge on any atom is 0.165 e. The molecule has 2 heterocycles. The molecule has 2 aromatic heterocycles. The van der Waals surface area contributed by atoms with Crippen molar-refractivity contribution in [2.45, 2.75) is 16.7 Å². The Kier molecular flexibility index (Phi) is 4.69. The fraction of sp³-hybridized carbons (Fsp3) is 0.0417. The highest BCUT2D eigenvalue weighted by molar-refractivity contribution is 7.99. The average molecular weight is 411 g/mol. The predicted octanol–water partition coefficient (Wildman–Crippen LogP) is 5.89. The van der Waals surface area contributed by atoms with Crippen LogP contribution < -0.4 is 5.32 Å². The molecule has 0 aliphatic heterocycles. The first kappa shape index (κ1) is 18.4. The lowest BCUT2D eigenvalue weighted by molar-refractivity contribution is 0.475. The number of phenols is 1. The van der Waals surface area contributed by atoms with E-state index in [1.165, 1.54) is 6.33 Å². The fourth-order valence-electron chi connectivity index (χ4n) is 3.17. The van der Waals surface area contributed by atoms with Crippen molar-refractivity contribution in [3.8, 4) is 5.75 Å². The van der Waals surface area contributed by atoms with E-state index in [4.69, 9.17) is 0 Å². The Hall–Kier alpha value is -3.64. The van der Waals surface area contributed by atoms with Gasteiger partial charge in [0.25, 0.3) is 0 Å². The monoisotopic (exact) mass is 410 g/mol. The van der Waals surface area contributed by atoms with Crippen molar-refractivity contribution >= 4 is 39.9 Å². The Morgan fingerprint density at radius 1 is 0.967 bits per heavy atom. The van der Waals surface area contributed by atoms with E-state index in [2.05, 4.69) is 45.4 Å². The van der Waals surface area contributed by atoms with Crippen LogP contribution in [0, 0.1) is 6.92 Å². The van der Waals surface area contributed by atoms with Crippen molar-refractivity contribution in [3.63, 3.8) is 0 Å². The summed E-state index contributed by atoms with van der Waals surface area (Å²) in [4.78, 5) is 15.6. The van der Waals surface area contributed by atoms with Crippen LogP contribution >= 0.6 is 11.8 Å². The minimum Gasteiger partial charge on any atom is -0.508 e. The molecule has 5 nitrogen and oxygen atoms in total. The number of nitrogens with one attached hydrogen (secondary N) is 1. The summed E-state index contributed by atoms with van der Waals surface area (Å²) >= 11 is 1.63. The summed E-state index contributed by atoms with van der Waals surface area (Å²) in [7, 11) is 0. The van der Waals surface area contributed by atoms with Crippen LogP contribution in [-0.2, 0) is 0 Å². The highest BCUT2D eigenvalue weighted by Crippen LogP contribution is 2.36. The summed E-state index contributed by atoms with van der Waals surface area (Å²) in [6.07, 6.45) is 7.61. The number of aromatic nitrogens is 3. The quantitative estimate of drug-likeness (QED) is 0.428. The topological polar surface area (TPSA) is 70.9 Å². The van der Waals surface area contributed by atoms with E-state index >= 15 is 0 Å². The molecule has 30 heavy (non-hydrogen) atoms. The number of aromatic hydroxyl groups is 1. The highest BCUT2D eigenvalue weighted by Gasteiger charge is 2.12. The Balaban J connectivity index is 1.50. The zero-order valence-corrected chi connectivity index (χ0v) is 17.0. The van der Waals surface area contributed by atoms with Crippen molar-refractivity contribution in [1.29, 1.82) is 0 Å². The number of phenolic OH excluding ortho intramolecular Hbond substituents is 1. The molecule has 0 fully saturated rings. The summed E-state index contributed by atoms with van der Waals surface area (Å²) in [5, 5.41) is 13.9. The van der Waals surface area contributed by atoms with Crippen LogP contribution in [0.1, 0.15) is 11.3 Å². The molecule has 2 aromatic carbocycles. The minimum atomic E-state index is 0.258. The van der Waals surface area contributed by atoms with Crippen LogP contribution in [0.25, 0.3) is 16.6 Å². The normalized spacial score (nSPS) is 12.5. The zero-order valence-electron chi connectivity index (χ0n) is 16.2. The Morgan fingerprint density at radius 3 is 2.57 bits per heavy atom. The van der Waals surface area contributed by atoms with Gasteiger partial charge < -0.3 is 10.4 Å². The molecule has 0 amide bonds. The van der Waals surface area contributed by atoms with Crippen molar-refractivity contribution in [3.05, 3.63) is 90.4 Å². The van der Waals surface area contributed by atoms with E-state index < -0.39 is 0 Å². The molecule has 0 spiro atoms. The van der Waals surface area contributed by atoms with Gasteiger partial charge in [-0.2, -0.15) is 0 Å². The maximum absolute atomic E-state index is 9.53. The van der Waals surface area contributed by atoms with Crippen LogP contribution in [0.5, 0.6) is 5.75 Å². The standard InChI is InChI=1S/C24H18N4OS/c1-15-5-12-22(30-18-8-6-17(29)7-9-18)21(13-15)28-24-19-10-11-20(16-3-2-4-16)27-23(19)25-14-26-24/h2-14,29H,1H3,(H,25,26,27,28). The molecular formula is C24H18N4OS. The van der Waals surface area contributed by atoms with E-state index in [1.54, 1.807) is 23.9 Å². The number of nitrogens with zero attached hydrogens (tertiary/aromatic N) is 3. The first-order valence-electron chi connectivity index (χ1n) is 9.51. The van der Waals surface area contributed by atoms with Crippen LogP contribution in [0.4, 0.5) is 11.5 Å².